The van der Waals surface area contributed by atoms with Gasteiger partial charge in [-0.25, -0.2) is 12.8 Å². The maximum atomic E-state index is 13.6. The van der Waals surface area contributed by atoms with Crippen LogP contribution in [0.25, 0.3) is 0 Å². The van der Waals surface area contributed by atoms with E-state index in [1.807, 2.05) is 31.2 Å². The summed E-state index contributed by atoms with van der Waals surface area (Å²) in [5.74, 6) is -1.66. The van der Waals surface area contributed by atoms with E-state index in [4.69, 9.17) is 11.6 Å². The first-order valence-electron chi connectivity index (χ1n) is 10.4. The van der Waals surface area contributed by atoms with Gasteiger partial charge in [0.15, 0.2) is 0 Å². The van der Waals surface area contributed by atoms with Gasteiger partial charge in [-0.1, -0.05) is 41.4 Å². The number of carbonyl (C=O) groups excluding carboxylic acids is 2. The Morgan fingerprint density at radius 2 is 1.70 bits per heavy atom. The van der Waals surface area contributed by atoms with Crippen LogP contribution < -0.4 is 9.62 Å². The van der Waals surface area contributed by atoms with Crippen molar-refractivity contribution < 1.29 is 22.4 Å². The number of hydrogen-bond donors (Lipinski definition) is 1. The molecule has 2 rings (SSSR count). The number of sulfonamides is 1. The number of nitrogens with zero attached hydrogens (tertiary/aromatic N) is 2. The number of amides is 2. The zero-order chi connectivity index (χ0) is 24.9. The van der Waals surface area contributed by atoms with Gasteiger partial charge in [0.05, 0.1) is 17.0 Å². The third kappa shape index (κ3) is 7.43. The summed E-state index contributed by atoms with van der Waals surface area (Å²) in [5, 5.41) is 2.51. The second-order valence-electron chi connectivity index (χ2n) is 8.21. The van der Waals surface area contributed by atoms with Crippen LogP contribution in [0.15, 0.2) is 42.5 Å². The molecule has 2 amide bonds. The summed E-state index contributed by atoms with van der Waals surface area (Å²) in [6.07, 6.45) is 0.941. The minimum absolute atomic E-state index is 0.0480. The van der Waals surface area contributed by atoms with Crippen molar-refractivity contribution in [2.75, 3.05) is 17.1 Å². The Morgan fingerprint density at radius 1 is 1.09 bits per heavy atom. The smallest absolute Gasteiger partial charge is 0.244 e. The Balaban J connectivity index is 2.40. The lowest BCUT2D eigenvalue weighted by atomic mass is 10.1. The van der Waals surface area contributed by atoms with Crippen LogP contribution in [0.5, 0.6) is 0 Å². The van der Waals surface area contributed by atoms with E-state index in [9.17, 15) is 22.4 Å². The molecule has 180 valence electrons. The van der Waals surface area contributed by atoms with Gasteiger partial charge in [0, 0.05) is 12.6 Å². The van der Waals surface area contributed by atoms with Crippen molar-refractivity contribution in [3.63, 3.8) is 0 Å². The SMILES string of the molecule is Cc1ccc(CN(C(=O)CN(c2ccc(F)c(Cl)c2)S(C)(=O)=O)C(C)C(=O)NC(C)C)cc1. The molecular weight excluding hydrogens is 469 g/mol. The molecule has 0 heterocycles. The highest BCUT2D eigenvalue weighted by atomic mass is 35.5. The maximum absolute atomic E-state index is 13.6. The van der Waals surface area contributed by atoms with E-state index in [1.165, 1.54) is 11.0 Å². The van der Waals surface area contributed by atoms with Gasteiger partial charge in [-0.05, 0) is 51.5 Å². The van der Waals surface area contributed by atoms with Crippen LogP contribution in [0.2, 0.25) is 5.02 Å². The van der Waals surface area contributed by atoms with Crippen LogP contribution in [-0.2, 0) is 26.2 Å². The number of benzene rings is 2. The highest BCUT2D eigenvalue weighted by molar-refractivity contribution is 7.92. The number of carbonyl (C=O) groups is 2. The lowest BCUT2D eigenvalue weighted by Crippen LogP contribution is -2.52. The van der Waals surface area contributed by atoms with Gasteiger partial charge in [-0.15, -0.1) is 0 Å². The molecule has 33 heavy (non-hydrogen) atoms. The van der Waals surface area contributed by atoms with E-state index >= 15 is 0 Å². The summed E-state index contributed by atoms with van der Waals surface area (Å²) in [4.78, 5) is 27.4. The Labute approximate surface area is 199 Å². The van der Waals surface area contributed by atoms with Crippen LogP contribution in [0.3, 0.4) is 0 Å². The standard InChI is InChI=1S/C23H29ClFN3O4S/c1-15(2)26-23(30)17(4)27(13-18-8-6-16(3)7-9-18)22(29)14-28(33(5,31)32)19-10-11-21(25)20(24)12-19/h6-12,15,17H,13-14H2,1-5H3,(H,26,30). The maximum Gasteiger partial charge on any atom is 0.244 e. The normalized spacial score (nSPS) is 12.4. The molecule has 0 aliphatic rings. The van der Waals surface area contributed by atoms with Crippen molar-refractivity contribution in [1.29, 1.82) is 0 Å². The predicted octanol–water partition coefficient (Wildman–Crippen LogP) is 3.50. The highest BCUT2D eigenvalue weighted by Gasteiger charge is 2.30. The van der Waals surface area contributed by atoms with Crippen LogP contribution >= 0.6 is 11.6 Å². The zero-order valence-electron chi connectivity index (χ0n) is 19.3. The molecule has 0 saturated carbocycles. The Kier molecular flexibility index (Phi) is 8.85. The van der Waals surface area contributed by atoms with Gasteiger partial charge in [-0.2, -0.15) is 0 Å². The molecule has 0 saturated heterocycles. The second-order valence-corrected chi connectivity index (χ2v) is 10.5. The van der Waals surface area contributed by atoms with Crippen molar-refractivity contribution in [1.82, 2.24) is 10.2 Å². The molecule has 0 bridgehead atoms. The fourth-order valence-corrected chi connectivity index (χ4v) is 4.15. The molecular formula is C23H29ClFN3O4S. The predicted molar refractivity (Wildman–Crippen MR) is 128 cm³/mol. The van der Waals surface area contributed by atoms with Crippen LogP contribution in [0.4, 0.5) is 10.1 Å². The lowest BCUT2D eigenvalue weighted by Gasteiger charge is -2.32. The van der Waals surface area contributed by atoms with Gasteiger partial charge < -0.3 is 10.2 Å². The zero-order valence-corrected chi connectivity index (χ0v) is 20.9. The summed E-state index contributed by atoms with van der Waals surface area (Å²) < 4.78 is 39.4. The number of hydrogen-bond acceptors (Lipinski definition) is 4. The summed E-state index contributed by atoms with van der Waals surface area (Å²) >= 11 is 5.82. The first-order chi connectivity index (χ1) is 15.3. The monoisotopic (exact) mass is 497 g/mol. The Morgan fingerprint density at radius 3 is 2.21 bits per heavy atom. The number of anilines is 1. The fourth-order valence-electron chi connectivity index (χ4n) is 3.13. The first-order valence-corrected chi connectivity index (χ1v) is 12.6. The molecule has 2 aromatic carbocycles. The minimum atomic E-state index is -3.92. The molecule has 0 spiro atoms. The van der Waals surface area contributed by atoms with Crippen molar-refractivity contribution >= 4 is 39.1 Å². The van der Waals surface area contributed by atoms with E-state index in [0.29, 0.717) is 0 Å². The van der Waals surface area contributed by atoms with Gasteiger partial charge in [-0.3, -0.25) is 13.9 Å². The van der Waals surface area contributed by atoms with Gasteiger partial charge >= 0.3 is 0 Å². The van der Waals surface area contributed by atoms with E-state index < -0.39 is 34.3 Å². The summed E-state index contributed by atoms with van der Waals surface area (Å²) in [6, 6.07) is 9.88. The fraction of sp³-hybridized carbons (Fsp3) is 0.391. The summed E-state index contributed by atoms with van der Waals surface area (Å²) in [5.41, 5.74) is 1.87. The second kappa shape index (κ2) is 11.0. The van der Waals surface area contributed by atoms with Gasteiger partial charge in [0.25, 0.3) is 0 Å². The number of rotatable bonds is 9. The number of halogens is 2. The van der Waals surface area contributed by atoms with E-state index in [-0.39, 0.29) is 29.2 Å². The average Bonchev–Trinajstić information content (AvgIpc) is 2.71. The van der Waals surface area contributed by atoms with Gasteiger partial charge in [0.2, 0.25) is 21.8 Å². The molecule has 0 aliphatic heterocycles. The number of aryl methyl sites for hydroxylation is 1. The molecule has 1 N–H and O–H groups in total. The quantitative estimate of drug-likeness (QED) is 0.574. The highest BCUT2D eigenvalue weighted by Crippen LogP contribution is 2.25. The molecule has 0 radical (unpaired) electrons. The average molecular weight is 498 g/mol. The van der Waals surface area contributed by atoms with Crippen LogP contribution in [0, 0.1) is 12.7 Å². The molecule has 0 fully saturated rings. The van der Waals surface area contributed by atoms with E-state index in [0.717, 1.165) is 33.8 Å². The van der Waals surface area contributed by atoms with Crippen LogP contribution in [-0.4, -0.2) is 50.0 Å². The molecule has 0 aliphatic carbocycles. The lowest BCUT2D eigenvalue weighted by molar-refractivity contribution is -0.139. The molecule has 1 atom stereocenters. The molecule has 0 aromatic heterocycles. The topological polar surface area (TPSA) is 86.8 Å². The first kappa shape index (κ1) is 26.6. The van der Waals surface area contributed by atoms with E-state index in [2.05, 4.69) is 5.32 Å². The molecule has 1 unspecified atom stereocenters. The molecule has 10 heteroatoms. The Hall–Kier alpha value is -2.65. The molecule has 2 aromatic rings. The molecule has 7 nitrogen and oxygen atoms in total. The van der Waals surface area contributed by atoms with Crippen molar-refractivity contribution in [3.05, 3.63) is 64.4 Å². The number of nitrogens with one attached hydrogen (secondary N) is 1. The van der Waals surface area contributed by atoms with E-state index in [1.54, 1.807) is 20.8 Å². The van der Waals surface area contributed by atoms with Crippen molar-refractivity contribution in [2.45, 2.75) is 46.3 Å². The minimum Gasteiger partial charge on any atom is -0.352 e. The third-order valence-corrected chi connectivity index (χ3v) is 6.37. The summed E-state index contributed by atoms with van der Waals surface area (Å²) in [6.45, 7) is 6.66. The van der Waals surface area contributed by atoms with Crippen molar-refractivity contribution in [3.8, 4) is 0 Å². The largest absolute Gasteiger partial charge is 0.352 e. The Bertz CT molecular complexity index is 1110. The summed E-state index contributed by atoms with van der Waals surface area (Å²) in [7, 11) is -3.92. The third-order valence-electron chi connectivity index (χ3n) is 4.94. The van der Waals surface area contributed by atoms with Gasteiger partial charge in [0.1, 0.15) is 18.4 Å². The van der Waals surface area contributed by atoms with Crippen molar-refractivity contribution in [2.24, 2.45) is 0 Å². The van der Waals surface area contributed by atoms with Crippen LogP contribution in [0.1, 0.15) is 31.9 Å².